The SMILES string of the molecule is CCC1CCC(C(=O)Cn2ncc3ncccc32)C1(C)C. The fourth-order valence-electron chi connectivity index (χ4n) is 4.00. The average molecular weight is 285 g/mol. The van der Waals surface area contributed by atoms with Gasteiger partial charge in [-0.25, -0.2) is 0 Å². The van der Waals surface area contributed by atoms with Gasteiger partial charge in [-0.2, -0.15) is 5.10 Å². The molecule has 0 amide bonds. The molecule has 2 unspecified atom stereocenters. The van der Waals surface area contributed by atoms with E-state index in [1.165, 1.54) is 6.42 Å². The first kappa shape index (κ1) is 14.2. The molecule has 2 atom stereocenters. The Morgan fingerprint density at radius 3 is 2.95 bits per heavy atom. The van der Waals surface area contributed by atoms with Crippen LogP contribution in [0.15, 0.2) is 24.5 Å². The van der Waals surface area contributed by atoms with Crippen LogP contribution in [0.4, 0.5) is 0 Å². The number of hydrogen-bond acceptors (Lipinski definition) is 3. The molecular formula is C17H23N3O. The zero-order valence-corrected chi connectivity index (χ0v) is 13.0. The third-order valence-electron chi connectivity index (χ3n) is 5.35. The molecule has 4 heteroatoms. The van der Waals surface area contributed by atoms with Crippen LogP contribution in [-0.4, -0.2) is 20.5 Å². The number of fused-ring (bicyclic) bond motifs is 1. The molecule has 0 bridgehead atoms. The molecule has 3 rings (SSSR count). The zero-order chi connectivity index (χ0) is 15.0. The molecule has 1 aliphatic carbocycles. The second-order valence-corrected chi connectivity index (χ2v) is 6.73. The van der Waals surface area contributed by atoms with Crippen molar-refractivity contribution < 1.29 is 4.79 Å². The fourth-order valence-corrected chi connectivity index (χ4v) is 4.00. The summed E-state index contributed by atoms with van der Waals surface area (Å²) >= 11 is 0. The molecule has 21 heavy (non-hydrogen) atoms. The minimum absolute atomic E-state index is 0.104. The highest BCUT2D eigenvalue weighted by molar-refractivity contribution is 5.84. The van der Waals surface area contributed by atoms with E-state index in [-0.39, 0.29) is 11.3 Å². The van der Waals surface area contributed by atoms with Crippen LogP contribution in [0.5, 0.6) is 0 Å². The molecule has 2 heterocycles. The minimum atomic E-state index is 0.104. The maximum atomic E-state index is 12.8. The Hall–Kier alpha value is -1.71. The van der Waals surface area contributed by atoms with Gasteiger partial charge in [0, 0.05) is 12.1 Å². The van der Waals surface area contributed by atoms with E-state index >= 15 is 0 Å². The van der Waals surface area contributed by atoms with E-state index in [9.17, 15) is 4.79 Å². The summed E-state index contributed by atoms with van der Waals surface area (Å²) in [6, 6.07) is 3.86. The molecule has 0 aliphatic heterocycles. The summed E-state index contributed by atoms with van der Waals surface area (Å²) in [4.78, 5) is 17.0. The van der Waals surface area contributed by atoms with E-state index in [0.29, 0.717) is 18.2 Å². The van der Waals surface area contributed by atoms with Crippen molar-refractivity contribution >= 4 is 16.8 Å². The summed E-state index contributed by atoms with van der Waals surface area (Å²) in [7, 11) is 0. The number of pyridine rings is 1. The predicted octanol–water partition coefficient (Wildman–Crippen LogP) is 3.46. The second kappa shape index (κ2) is 5.24. The number of carbonyl (C=O) groups excluding carboxylic acids is 1. The van der Waals surface area contributed by atoms with E-state index in [2.05, 4.69) is 30.9 Å². The number of hydrogen-bond donors (Lipinski definition) is 0. The largest absolute Gasteiger partial charge is 0.297 e. The first-order chi connectivity index (χ1) is 10.0. The topological polar surface area (TPSA) is 47.8 Å². The lowest BCUT2D eigenvalue weighted by Gasteiger charge is -2.31. The molecule has 0 aromatic carbocycles. The smallest absolute Gasteiger partial charge is 0.157 e. The zero-order valence-electron chi connectivity index (χ0n) is 13.0. The first-order valence-electron chi connectivity index (χ1n) is 7.83. The van der Waals surface area contributed by atoms with Crippen molar-refractivity contribution in [3.05, 3.63) is 24.5 Å². The van der Waals surface area contributed by atoms with Crippen LogP contribution >= 0.6 is 0 Å². The molecule has 0 N–H and O–H groups in total. The molecule has 0 spiro atoms. The number of rotatable bonds is 4. The molecule has 1 fully saturated rings. The number of aromatic nitrogens is 3. The number of Topliss-reactive ketones (excluding diaryl/α,β-unsaturated/α-hetero) is 1. The monoisotopic (exact) mass is 285 g/mol. The first-order valence-corrected chi connectivity index (χ1v) is 7.83. The van der Waals surface area contributed by atoms with Crippen LogP contribution in [0, 0.1) is 17.3 Å². The number of nitrogens with zero attached hydrogens (tertiary/aromatic N) is 3. The summed E-state index contributed by atoms with van der Waals surface area (Å²) < 4.78 is 1.79. The quantitative estimate of drug-likeness (QED) is 0.864. The molecule has 112 valence electrons. The van der Waals surface area contributed by atoms with Gasteiger partial charge in [-0.3, -0.25) is 14.5 Å². The highest BCUT2D eigenvalue weighted by atomic mass is 16.1. The van der Waals surface area contributed by atoms with Gasteiger partial charge in [0.2, 0.25) is 0 Å². The highest BCUT2D eigenvalue weighted by Gasteiger charge is 2.45. The van der Waals surface area contributed by atoms with E-state index in [1.807, 2.05) is 12.1 Å². The molecular weight excluding hydrogens is 262 g/mol. The molecule has 0 radical (unpaired) electrons. The van der Waals surface area contributed by atoms with Crippen molar-refractivity contribution in [3.63, 3.8) is 0 Å². The summed E-state index contributed by atoms with van der Waals surface area (Å²) in [5.41, 5.74) is 1.89. The normalized spacial score (nSPS) is 24.5. The minimum Gasteiger partial charge on any atom is -0.297 e. The Morgan fingerprint density at radius 2 is 2.24 bits per heavy atom. The summed E-state index contributed by atoms with van der Waals surface area (Å²) in [6.07, 6.45) is 6.83. The van der Waals surface area contributed by atoms with Gasteiger partial charge in [0.1, 0.15) is 12.1 Å². The van der Waals surface area contributed by atoms with Gasteiger partial charge in [0.05, 0.1) is 11.7 Å². The van der Waals surface area contributed by atoms with E-state index in [1.54, 1.807) is 17.1 Å². The summed E-state index contributed by atoms with van der Waals surface area (Å²) in [6.45, 7) is 7.09. The van der Waals surface area contributed by atoms with Crippen molar-refractivity contribution in [1.29, 1.82) is 0 Å². The van der Waals surface area contributed by atoms with Gasteiger partial charge >= 0.3 is 0 Å². The van der Waals surface area contributed by atoms with Crippen molar-refractivity contribution in [1.82, 2.24) is 14.8 Å². The van der Waals surface area contributed by atoms with Gasteiger partial charge in [0.25, 0.3) is 0 Å². The Bertz CT molecular complexity index is 659. The van der Waals surface area contributed by atoms with Gasteiger partial charge in [-0.05, 0) is 36.3 Å². The fraction of sp³-hybridized carbons (Fsp3) is 0.588. The van der Waals surface area contributed by atoms with Crippen molar-refractivity contribution in [3.8, 4) is 0 Å². The van der Waals surface area contributed by atoms with Crippen LogP contribution < -0.4 is 0 Å². The van der Waals surface area contributed by atoms with Gasteiger partial charge < -0.3 is 0 Å². The Balaban J connectivity index is 1.81. The maximum absolute atomic E-state index is 12.8. The van der Waals surface area contributed by atoms with Crippen LogP contribution in [0.3, 0.4) is 0 Å². The Morgan fingerprint density at radius 1 is 1.43 bits per heavy atom. The third kappa shape index (κ3) is 2.37. The van der Waals surface area contributed by atoms with Crippen LogP contribution in [0.25, 0.3) is 11.0 Å². The standard InChI is InChI=1S/C17H23N3O/c1-4-12-7-8-13(17(12,2)3)16(21)11-20-15-6-5-9-18-14(15)10-19-20/h5-6,9-10,12-13H,4,7-8,11H2,1-3H3. The number of ketones is 1. The molecule has 2 aromatic heterocycles. The van der Waals surface area contributed by atoms with E-state index in [0.717, 1.165) is 23.9 Å². The molecule has 1 saturated carbocycles. The van der Waals surface area contributed by atoms with E-state index in [4.69, 9.17) is 0 Å². The Labute approximate surface area is 125 Å². The Kier molecular flexibility index (Phi) is 3.56. The van der Waals surface area contributed by atoms with Crippen molar-refractivity contribution in [2.24, 2.45) is 17.3 Å². The van der Waals surface area contributed by atoms with Gasteiger partial charge in [0.15, 0.2) is 5.78 Å². The lowest BCUT2D eigenvalue weighted by atomic mass is 9.73. The second-order valence-electron chi connectivity index (χ2n) is 6.73. The van der Waals surface area contributed by atoms with Crippen LogP contribution in [-0.2, 0) is 11.3 Å². The average Bonchev–Trinajstić information content (AvgIpc) is 2.99. The van der Waals surface area contributed by atoms with E-state index < -0.39 is 0 Å². The third-order valence-corrected chi connectivity index (χ3v) is 5.35. The lowest BCUT2D eigenvalue weighted by molar-refractivity contribution is -0.126. The van der Waals surface area contributed by atoms with Crippen molar-refractivity contribution in [2.45, 2.75) is 46.6 Å². The van der Waals surface area contributed by atoms with Gasteiger partial charge in [-0.15, -0.1) is 0 Å². The molecule has 0 saturated heterocycles. The maximum Gasteiger partial charge on any atom is 0.157 e. The highest BCUT2D eigenvalue weighted by Crippen LogP contribution is 2.49. The van der Waals surface area contributed by atoms with Crippen LogP contribution in [0.1, 0.15) is 40.0 Å². The van der Waals surface area contributed by atoms with Crippen LogP contribution in [0.2, 0.25) is 0 Å². The lowest BCUT2D eigenvalue weighted by Crippen LogP contribution is -2.32. The van der Waals surface area contributed by atoms with Gasteiger partial charge in [-0.1, -0.05) is 27.2 Å². The molecule has 2 aromatic rings. The molecule has 4 nitrogen and oxygen atoms in total. The number of carbonyl (C=O) groups is 1. The molecule has 1 aliphatic rings. The predicted molar refractivity (Wildman–Crippen MR) is 82.8 cm³/mol. The summed E-state index contributed by atoms with van der Waals surface area (Å²) in [5.74, 6) is 1.12. The summed E-state index contributed by atoms with van der Waals surface area (Å²) in [5, 5.41) is 4.33. The van der Waals surface area contributed by atoms with Crippen molar-refractivity contribution in [2.75, 3.05) is 0 Å².